The van der Waals surface area contributed by atoms with Gasteiger partial charge in [0.25, 0.3) is 0 Å². The van der Waals surface area contributed by atoms with Gasteiger partial charge in [0.1, 0.15) is 12.4 Å². The predicted octanol–water partition coefficient (Wildman–Crippen LogP) is 2.58. The molecule has 10 heteroatoms. The van der Waals surface area contributed by atoms with E-state index in [0.29, 0.717) is 42.0 Å². The molecule has 0 saturated carbocycles. The zero-order valence-corrected chi connectivity index (χ0v) is 17.1. The number of carbonyl (C=O) groups excluding carboxylic acids is 1. The number of hydrogen-bond acceptors (Lipinski definition) is 7. The molecule has 1 unspecified atom stereocenters. The molecule has 8 nitrogen and oxygen atoms in total. The summed E-state index contributed by atoms with van der Waals surface area (Å²) in [4.78, 5) is 14.5. The van der Waals surface area contributed by atoms with Gasteiger partial charge in [-0.2, -0.15) is 4.68 Å². The number of amides is 1. The third-order valence-corrected chi connectivity index (χ3v) is 5.45. The lowest BCUT2D eigenvalue weighted by Gasteiger charge is -2.30. The molecule has 2 heterocycles. The van der Waals surface area contributed by atoms with Crippen molar-refractivity contribution in [3.05, 3.63) is 54.3 Å². The number of aromatic nitrogens is 4. The first-order chi connectivity index (χ1) is 14.6. The maximum absolute atomic E-state index is 13.5. The van der Waals surface area contributed by atoms with E-state index >= 15 is 0 Å². The van der Waals surface area contributed by atoms with Gasteiger partial charge in [0.2, 0.25) is 11.1 Å². The van der Waals surface area contributed by atoms with Crippen LogP contribution in [0, 0.1) is 5.82 Å². The van der Waals surface area contributed by atoms with E-state index in [2.05, 4.69) is 15.5 Å². The van der Waals surface area contributed by atoms with Crippen LogP contribution in [0.5, 0.6) is 11.5 Å². The van der Waals surface area contributed by atoms with Gasteiger partial charge < -0.3 is 14.4 Å². The van der Waals surface area contributed by atoms with Crippen molar-refractivity contribution in [2.24, 2.45) is 0 Å². The van der Waals surface area contributed by atoms with Crippen molar-refractivity contribution in [1.29, 1.82) is 0 Å². The van der Waals surface area contributed by atoms with Crippen LogP contribution in [0.1, 0.15) is 6.92 Å². The second kappa shape index (κ2) is 9.12. The monoisotopic (exact) mass is 429 g/mol. The van der Waals surface area contributed by atoms with Gasteiger partial charge in [0, 0.05) is 6.54 Å². The fraction of sp³-hybridized carbons (Fsp3) is 0.300. The molecule has 0 spiro atoms. The van der Waals surface area contributed by atoms with Gasteiger partial charge in [-0.05, 0) is 47.7 Å². The normalized spacial score (nSPS) is 15.1. The number of para-hydroxylation sites is 2. The number of hydrogen-bond donors (Lipinski definition) is 0. The van der Waals surface area contributed by atoms with Crippen LogP contribution < -0.4 is 9.47 Å². The van der Waals surface area contributed by atoms with Gasteiger partial charge >= 0.3 is 0 Å². The summed E-state index contributed by atoms with van der Waals surface area (Å²) in [6, 6.07) is 13.4. The third kappa shape index (κ3) is 4.54. The molecule has 1 amide bonds. The average Bonchev–Trinajstić information content (AvgIpc) is 3.24. The highest BCUT2D eigenvalue weighted by Gasteiger charge is 2.25. The van der Waals surface area contributed by atoms with E-state index in [1.54, 1.807) is 17.0 Å². The number of fused-ring (bicyclic) bond motifs is 1. The SMILES string of the molecule is CCN(CC1COc2ccccc2O1)C(=O)CSc1nnnn1-c1cccc(F)c1. The van der Waals surface area contributed by atoms with Crippen molar-refractivity contribution in [2.75, 3.05) is 25.4 Å². The molecule has 0 radical (unpaired) electrons. The number of tetrazole rings is 1. The van der Waals surface area contributed by atoms with E-state index in [-0.39, 0.29) is 23.6 Å². The average molecular weight is 429 g/mol. The first-order valence-electron chi connectivity index (χ1n) is 9.47. The molecule has 30 heavy (non-hydrogen) atoms. The summed E-state index contributed by atoms with van der Waals surface area (Å²) in [5.41, 5.74) is 0.494. The molecule has 0 N–H and O–H groups in total. The second-order valence-electron chi connectivity index (χ2n) is 6.57. The maximum Gasteiger partial charge on any atom is 0.233 e. The minimum Gasteiger partial charge on any atom is -0.486 e. The topological polar surface area (TPSA) is 82.4 Å². The Hall–Kier alpha value is -3.14. The summed E-state index contributed by atoms with van der Waals surface area (Å²) in [7, 11) is 0. The standard InChI is InChI=1S/C20H20FN5O3S/c1-2-25(11-16-12-28-17-8-3-4-9-18(17)29-16)19(27)13-30-20-22-23-24-26(20)15-7-5-6-14(21)10-15/h3-10,16H,2,11-13H2,1H3. The molecule has 1 aromatic heterocycles. The van der Waals surface area contributed by atoms with E-state index in [1.165, 1.54) is 28.6 Å². The van der Waals surface area contributed by atoms with Crippen molar-refractivity contribution in [3.63, 3.8) is 0 Å². The smallest absolute Gasteiger partial charge is 0.233 e. The molecule has 0 bridgehead atoms. The van der Waals surface area contributed by atoms with Crippen molar-refractivity contribution < 1.29 is 18.7 Å². The number of thioether (sulfide) groups is 1. The van der Waals surface area contributed by atoms with Crippen LogP contribution in [0.25, 0.3) is 5.69 Å². The molecule has 0 saturated heterocycles. The Labute approximate surface area is 177 Å². The van der Waals surface area contributed by atoms with E-state index in [1.807, 2.05) is 31.2 Å². The van der Waals surface area contributed by atoms with Crippen LogP contribution >= 0.6 is 11.8 Å². The first kappa shape index (κ1) is 20.1. The van der Waals surface area contributed by atoms with Gasteiger partial charge in [-0.25, -0.2) is 4.39 Å². The molecule has 3 aromatic rings. The Balaban J connectivity index is 1.36. The van der Waals surface area contributed by atoms with Crippen molar-refractivity contribution in [1.82, 2.24) is 25.1 Å². The highest BCUT2D eigenvalue weighted by Crippen LogP contribution is 2.31. The molecule has 0 aliphatic carbocycles. The Morgan fingerprint density at radius 1 is 1.27 bits per heavy atom. The van der Waals surface area contributed by atoms with E-state index in [0.717, 1.165) is 0 Å². The fourth-order valence-electron chi connectivity index (χ4n) is 3.06. The minimum absolute atomic E-state index is 0.0706. The lowest BCUT2D eigenvalue weighted by molar-refractivity contribution is -0.129. The van der Waals surface area contributed by atoms with Crippen molar-refractivity contribution in [3.8, 4) is 17.2 Å². The van der Waals surface area contributed by atoms with Crippen molar-refractivity contribution >= 4 is 17.7 Å². The number of rotatable bonds is 7. The number of halogens is 1. The molecule has 4 rings (SSSR count). The number of ether oxygens (including phenoxy) is 2. The summed E-state index contributed by atoms with van der Waals surface area (Å²) in [6.07, 6.45) is -0.244. The number of carbonyl (C=O) groups is 1. The van der Waals surface area contributed by atoms with Crippen LogP contribution in [0.2, 0.25) is 0 Å². The molecule has 1 atom stereocenters. The summed E-state index contributed by atoms with van der Waals surface area (Å²) in [5, 5.41) is 11.9. The van der Waals surface area contributed by atoms with Gasteiger partial charge in [0.05, 0.1) is 18.0 Å². The van der Waals surface area contributed by atoms with Crippen molar-refractivity contribution in [2.45, 2.75) is 18.2 Å². The Kier molecular flexibility index (Phi) is 6.12. The highest BCUT2D eigenvalue weighted by atomic mass is 32.2. The van der Waals surface area contributed by atoms with E-state index < -0.39 is 0 Å². The molecule has 0 fully saturated rings. The first-order valence-corrected chi connectivity index (χ1v) is 10.5. The second-order valence-corrected chi connectivity index (χ2v) is 7.51. The number of nitrogens with zero attached hydrogens (tertiary/aromatic N) is 5. The predicted molar refractivity (Wildman–Crippen MR) is 108 cm³/mol. The Bertz CT molecular complexity index is 1030. The summed E-state index contributed by atoms with van der Waals surface area (Å²) < 4.78 is 26.6. The third-order valence-electron chi connectivity index (χ3n) is 4.54. The fourth-order valence-corrected chi connectivity index (χ4v) is 3.86. The summed E-state index contributed by atoms with van der Waals surface area (Å²) in [5.74, 6) is 1.08. The van der Waals surface area contributed by atoms with Crippen LogP contribution in [0.3, 0.4) is 0 Å². The Morgan fingerprint density at radius 2 is 2.10 bits per heavy atom. The van der Waals surface area contributed by atoms with Gasteiger partial charge in [-0.15, -0.1) is 5.10 Å². The largest absolute Gasteiger partial charge is 0.486 e. The zero-order chi connectivity index (χ0) is 20.9. The quantitative estimate of drug-likeness (QED) is 0.534. The molecular weight excluding hydrogens is 409 g/mol. The van der Waals surface area contributed by atoms with Gasteiger partial charge in [0.15, 0.2) is 17.6 Å². The van der Waals surface area contributed by atoms with Crippen LogP contribution in [-0.4, -0.2) is 62.6 Å². The van der Waals surface area contributed by atoms with Crippen LogP contribution in [0.4, 0.5) is 4.39 Å². The van der Waals surface area contributed by atoms with E-state index in [4.69, 9.17) is 9.47 Å². The molecule has 2 aromatic carbocycles. The summed E-state index contributed by atoms with van der Waals surface area (Å²) >= 11 is 1.20. The highest BCUT2D eigenvalue weighted by molar-refractivity contribution is 7.99. The van der Waals surface area contributed by atoms with Gasteiger partial charge in [-0.3, -0.25) is 4.79 Å². The molecule has 1 aliphatic heterocycles. The lowest BCUT2D eigenvalue weighted by Crippen LogP contribution is -2.44. The lowest BCUT2D eigenvalue weighted by atomic mass is 10.2. The zero-order valence-electron chi connectivity index (χ0n) is 16.3. The van der Waals surface area contributed by atoms with Crippen LogP contribution in [-0.2, 0) is 4.79 Å². The number of likely N-dealkylation sites (N-methyl/N-ethyl adjacent to an activating group) is 1. The molecular formula is C20H20FN5O3S. The van der Waals surface area contributed by atoms with Gasteiger partial charge in [-0.1, -0.05) is 30.0 Å². The minimum atomic E-state index is -0.386. The van der Waals surface area contributed by atoms with Crippen LogP contribution in [0.15, 0.2) is 53.7 Å². The molecule has 156 valence electrons. The summed E-state index contributed by atoms with van der Waals surface area (Å²) in [6.45, 7) is 3.25. The molecule has 1 aliphatic rings. The maximum atomic E-state index is 13.5. The number of benzene rings is 2. The van der Waals surface area contributed by atoms with E-state index in [9.17, 15) is 9.18 Å². The Morgan fingerprint density at radius 3 is 2.90 bits per heavy atom.